The first kappa shape index (κ1) is 19.2. The zero-order valence-corrected chi connectivity index (χ0v) is 16.2. The number of piperazine rings is 1. The minimum atomic E-state index is 0.693. The van der Waals surface area contributed by atoms with E-state index in [1.165, 1.54) is 5.56 Å². The van der Waals surface area contributed by atoms with Gasteiger partial charge in [0.05, 0.1) is 12.3 Å². The molecule has 0 atom stereocenters. The molecule has 0 bridgehead atoms. The highest BCUT2D eigenvalue weighted by Gasteiger charge is 2.20. The third kappa shape index (κ3) is 5.99. The molecule has 1 aromatic carbocycles. The summed E-state index contributed by atoms with van der Waals surface area (Å²) in [7, 11) is 1.84. The van der Waals surface area contributed by atoms with Crippen LogP contribution in [0.5, 0.6) is 5.75 Å². The Bertz CT molecular complexity index is 692. The number of benzene rings is 1. The van der Waals surface area contributed by atoms with Gasteiger partial charge in [0, 0.05) is 52.4 Å². The van der Waals surface area contributed by atoms with Crippen molar-refractivity contribution < 1.29 is 9.26 Å². The van der Waals surface area contributed by atoms with E-state index in [1.54, 1.807) is 6.26 Å². The maximum absolute atomic E-state index is 5.77. The molecule has 0 radical (unpaired) electrons. The van der Waals surface area contributed by atoms with Gasteiger partial charge in [0.2, 0.25) is 0 Å². The summed E-state index contributed by atoms with van der Waals surface area (Å²) in [5.41, 5.74) is 2.23. The lowest BCUT2D eigenvalue weighted by atomic mass is 10.2. The Hall–Kier alpha value is -2.54. The van der Waals surface area contributed by atoms with Crippen LogP contribution in [0.25, 0.3) is 0 Å². The molecule has 0 unspecified atom stereocenters. The van der Waals surface area contributed by atoms with Gasteiger partial charge in [-0.05, 0) is 25.5 Å². The lowest BCUT2D eigenvalue weighted by Gasteiger charge is -2.36. The summed E-state index contributed by atoms with van der Waals surface area (Å²) in [5.74, 6) is 1.89. The highest BCUT2D eigenvalue weighted by atomic mass is 16.5. The van der Waals surface area contributed by atoms with Crippen LogP contribution in [0.4, 0.5) is 0 Å². The second-order valence-corrected chi connectivity index (χ2v) is 6.74. The molecular weight excluding hydrogens is 342 g/mol. The van der Waals surface area contributed by atoms with Crippen LogP contribution in [0.3, 0.4) is 0 Å². The van der Waals surface area contributed by atoms with Gasteiger partial charge >= 0.3 is 0 Å². The second kappa shape index (κ2) is 9.97. The lowest BCUT2D eigenvalue weighted by Crippen LogP contribution is -2.52. The van der Waals surface area contributed by atoms with Gasteiger partial charge in [-0.15, -0.1) is 0 Å². The van der Waals surface area contributed by atoms with Crippen LogP contribution < -0.4 is 10.1 Å². The molecule has 146 valence electrons. The van der Waals surface area contributed by atoms with E-state index >= 15 is 0 Å². The summed E-state index contributed by atoms with van der Waals surface area (Å²) < 4.78 is 10.7. The van der Waals surface area contributed by atoms with Gasteiger partial charge in [0.25, 0.3) is 0 Å². The zero-order chi connectivity index (χ0) is 18.9. The Labute approximate surface area is 161 Å². The van der Waals surface area contributed by atoms with Crippen LogP contribution in [0.2, 0.25) is 0 Å². The lowest BCUT2D eigenvalue weighted by molar-refractivity contribution is 0.169. The van der Waals surface area contributed by atoms with E-state index in [4.69, 9.17) is 9.26 Å². The van der Waals surface area contributed by atoms with Gasteiger partial charge < -0.3 is 19.5 Å². The first-order valence-electron chi connectivity index (χ1n) is 9.51. The molecule has 0 spiro atoms. The molecule has 1 fully saturated rings. The smallest absolute Gasteiger partial charge is 0.193 e. The van der Waals surface area contributed by atoms with Crippen molar-refractivity contribution in [3.63, 3.8) is 0 Å². The fourth-order valence-corrected chi connectivity index (χ4v) is 3.10. The average molecular weight is 371 g/mol. The van der Waals surface area contributed by atoms with Crippen molar-refractivity contribution in [2.75, 3.05) is 46.4 Å². The molecule has 2 heterocycles. The monoisotopic (exact) mass is 371 g/mol. The Balaban J connectivity index is 1.32. The van der Waals surface area contributed by atoms with Gasteiger partial charge in [-0.25, -0.2) is 0 Å². The topological polar surface area (TPSA) is 66.1 Å². The second-order valence-electron chi connectivity index (χ2n) is 6.74. The van der Waals surface area contributed by atoms with Gasteiger partial charge in [-0.3, -0.25) is 9.89 Å². The molecule has 0 aliphatic carbocycles. The van der Waals surface area contributed by atoms with E-state index in [0.717, 1.165) is 63.1 Å². The Morgan fingerprint density at radius 3 is 2.63 bits per heavy atom. The van der Waals surface area contributed by atoms with Crippen LogP contribution in [0.1, 0.15) is 17.7 Å². The van der Waals surface area contributed by atoms with Crippen molar-refractivity contribution in [1.82, 2.24) is 20.3 Å². The number of hydrogen-bond donors (Lipinski definition) is 1. The van der Waals surface area contributed by atoms with Gasteiger partial charge in [-0.1, -0.05) is 22.9 Å². The quantitative estimate of drug-likeness (QED) is 0.457. The summed E-state index contributed by atoms with van der Waals surface area (Å²) in [6.45, 7) is 8.35. The zero-order valence-electron chi connectivity index (χ0n) is 16.2. The number of aromatic nitrogens is 1. The molecule has 0 saturated carbocycles. The Morgan fingerprint density at radius 2 is 1.96 bits per heavy atom. The number of rotatable bonds is 7. The normalized spacial score (nSPS) is 15.8. The van der Waals surface area contributed by atoms with Gasteiger partial charge in [0.1, 0.15) is 12.0 Å². The Morgan fingerprint density at radius 1 is 1.19 bits per heavy atom. The molecule has 2 aromatic rings. The number of nitrogens with one attached hydrogen (secondary N) is 1. The van der Waals surface area contributed by atoms with E-state index in [1.807, 2.05) is 25.2 Å². The maximum atomic E-state index is 5.77. The van der Waals surface area contributed by atoms with Crippen molar-refractivity contribution >= 4 is 5.96 Å². The van der Waals surface area contributed by atoms with Gasteiger partial charge in [-0.2, -0.15) is 0 Å². The van der Waals surface area contributed by atoms with E-state index in [9.17, 15) is 0 Å². The summed E-state index contributed by atoms with van der Waals surface area (Å²) in [6.07, 6.45) is 2.55. The molecular formula is C20H29N5O2. The average Bonchev–Trinajstić information content (AvgIpc) is 3.20. The number of hydrogen-bond acceptors (Lipinski definition) is 5. The summed E-state index contributed by atoms with van der Waals surface area (Å²) >= 11 is 0. The summed E-state index contributed by atoms with van der Waals surface area (Å²) in [4.78, 5) is 9.11. The van der Waals surface area contributed by atoms with Crippen molar-refractivity contribution in [2.45, 2.75) is 19.9 Å². The molecule has 0 amide bonds. The number of guanidine groups is 1. The summed E-state index contributed by atoms with van der Waals surface area (Å²) in [5, 5.41) is 7.43. The molecule has 1 aliphatic rings. The minimum Gasteiger partial charge on any atom is -0.494 e. The predicted octanol–water partition coefficient (Wildman–Crippen LogP) is 2.15. The van der Waals surface area contributed by atoms with Crippen molar-refractivity contribution in [2.24, 2.45) is 4.99 Å². The molecule has 3 rings (SSSR count). The minimum absolute atomic E-state index is 0.693. The fourth-order valence-electron chi connectivity index (χ4n) is 3.10. The van der Waals surface area contributed by atoms with Crippen molar-refractivity contribution in [3.05, 3.63) is 47.9 Å². The third-order valence-electron chi connectivity index (χ3n) is 4.65. The van der Waals surface area contributed by atoms with Crippen molar-refractivity contribution in [3.8, 4) is 5.75 Å². The first-order valence-corrected chi connectivity index (χ1v) is 9.51. The number of nitrogens with zero attached hydrogens (tertiary/aromatic N) is 4. The number of aliphatic imine (C=N–C) groups is 1. The Kier molecular flexibility index (Phi) is 7.10. The third-order valence-corrected chi connectivity index (χ3v) is 4.65. The van der Waals surface area contributed by atoms with E-state index in [-0.39, 0.29) is 0 Å². The first-order chi connectivity index (χ1) is 13.2. The molecule has 27 heavy (non-hydrogen) atoms. The number of ether oxygens (including phenoxy) is 1. The molecule has 1 aromatic heterocycles. The van der Waals surface area contributed by atoms with E-state index in [0.29, 0.717) is 6.61 Å². The number of aryl methyl sites for hydroxylation is 1. The highest BCUT2D eigenvalue weighted by Crippen LogP contribution is 2.11. The van der Waals surface area contributed by atoms with Crippen LogP contribution in [-0.2, 0) is 6.54 Å². The van der Waals surface area contributed by atoms with E-state index < -0.39 is 0 Å². The largest absolute Gasteiger partial charge is 0.494 e. The molecule has 7 heteroatoms. The standard InChI is InChI=1S/C20H29N5O2/c1-17-4-6-19(7-5-17)26-14-3-9-22-20(21-2)25-12-10-24(11-13-25)16-18-8-15-27-23-18/h4-8,15H,3,9-14,16H2,1-2H3,(H,21,22). The maximum Gasteiger partial charge on any atom is 0.193 e. The molecule has 7 nitrogen and oxygen atoms in total. The van der Waals surface area contributed by atoms with E-state index in [2.05, 4.69) is 44.3 Å². The van der Waals surface area contributed by atoms with Gasteiger partial charge in [0.15, 0.2) is 5.96 Å². The molecule has 1 saturated heterocycles. The van der Waals surface area contributed by atoms with Crippen LogP contribution in [-0.4, -0.2) is 67.3 Å². The molecule has 1 N–H and O–H groups in total. The fraction of sp³-hybridized carbons (Fsp3) is 0.500. The van der Waals surface area contributed by atoms with Crippen molar-refractivity contribution in [1.29, 1.82) is 0 Å². The van der Waals surface area contributed by atoms with Crippen LogP contribution in [0, 0.1) is 6.92 Å². The van der Waals surface area contributed by atoms with Crippen LogP contribution in [0.15, 0.2) is 46.1 Å². The summed E-state index contributed by atoms with van der Waals surface area (Å²) in [6, 6.07) is 10.1. The highest BCUT2D eigenvalue weighted by molar-refractivity contribution is 5.79. The predicted molar refractivity (Wildman–Crippen MR) is 106 cm³/mol. The SMILES string of the molecule is CN=C(NCCCOc1ccc(C)cc1)N1CCN(Cc2ccon2)CC1. The molecule has 1 aliphatic heterocycles. The van der Waals surface area contributed by atoms with Crippen LogP contribution >= 0.6 is 0 Å².